The van der Waals surface area contributed by atoms with E-state index in [9.17, 15) is 15.0 Å². The van der Waals surface area contributed by atoms with E-state index >= 15 is 0 Å². The largest absolute Gasteiger partial charge is 0.395 e. The number of nitrogens with zero attached hydrogens (tertiary/aromatic N) is 1. The molecule has 6 nitrogen and oxygen atoms in total. The zero-order valence-corrected chi connectivity index (χ0v) is 12.6. The second kappa shape index (κ2) is 7.69. The Morgan fingerprint density at radius 3 is 2.77 bits per heavy atom. The lowest BCUT2D eigenvalue weighted by atomic mass is 9.89. The van der Waals surface area contributed by atoms with E-state index in [0.29, 0.717) is 19.5 Å². The highest BCUT2D eigenvalue weighted by Gasteiger charge is 2.42. The van der Waals surface area contributed by atoms with Crippen LogP contribution in [0.2, 0.25) is 0 Å². The lowest BCUT2D eigenvalue weighted by Crippen LogP contribution is -2.62. The number of hydrogen-bond acceptors (Lipinski definition) is 5. The minimum absolute atomic E-state index is 0.0389. The van der Waals surface area contributed by atoms with E-state index < -0.39 is 11.7 Å². The molecule has 0 saturated carbocycles. The summed E-state index contributed by atoms with van der Waals surface area (Å²) in [5, 5.41) is 32.3. The molecule has 1 aromatic rings. The first kappa shape index (κ1) is 16.9. The number of likely N-dealkylation sites (tertiary alicyclic amines) is 1. The fourth-order valence-corrected chi connectivity index (χ4v) is 2.71. The molecule has 122 valence electrons. The molecule has 2 atom stereocenters. The summed E-state index contributed by atoms with van der Waals surface area (Å²) in [6, 6.07) is 9.46. The molecule has 1 aromatic carbocycles. The summed E-state index contributed by atoms with van der Waals surface area (Å²) in [6.07, 6.45) is -0.242. The van der Waals surface area contributed by atoms with Crippen molar-refractivity contribution in [1.82, 2.24) is 10.2 Å². The molecule has 0 bridgehead atoms. The third kappa shape index (κ3) is 4.27. The zero-order chi connectivity index (χ0) is 16.0. The molecule has 1 aliphatic heterocycles. The molecule has 1 saturated heterocycles. The average Bonchev–Trinajstić information content (AvgIpc) is 2.51. The molecule has 0 aliphatic carbocycles. The minimum Gasteiger partial charge on any atom is -0.395 e. The van der Waals surface area contributed by atoms with Gasteiger partial charge in [-0.2, -0.15) is 0 Å². The number of nitrogens with one attached hydrogen (secondary N) is 1. The fraction of sp³-hybridized carbons (Fsp3) is 0.562. The maximum absolute atomic E-state index is 12.4. The number of aliphatic hydroxyl groups excluding tert-OH is 2. The summed E-state index contributed by atoms with van der Waals surface area (Å²) in [5.41, 5.74) is -0.444. The number of piperidine rings is 1. The molecule has 0 radical (unpaired) electrons. The Labute approximate surface area is 130 Å². The molecular weight excluding hydrogens is 284 g/mol. The van der Waals surface area contributed by atoms with Gasteiger partial charge in [0.25, 0.3) is 0 Å². The summed E-state index contributed by atoms with van der Waals surface area (Å²) in [4.78, 5) is 14.0. The van der Waals surface area contributed by atoms with Crippen molar-refractivity contribution in [1.29, 1.82) is 0 Å². The highest BCUT2D eigenvalue weighted by molar-refractivity contribution is 5.79. The van der Waals surface area contributed by atoms with Crippen LogP contribution in [-0.2, 0) is 11.2 Å². The number of β-amino-alcohol motifs (C(OH)–C–C–N with tert-alkyl or cyclic N) is 1. The molecule has 2 rings (SSSR count). The molecule has 0 unspecified atom stereocenters. The first-order valence-electron chi connectivity index (χ1n) is 7.59. The highest BCUT2D eigenvalue weighted by atomic mass is 16.3. The first-order chi connectivity index (χ1) is 10.5. The predicted molar refractivity (Wildman–Crippen MR) is 82.3 cm³/mol. The minimum atomic E-state index is -1.38. The van der Waals surface area contributed by atoms with Gasteiger partial charge in [0.15, 0.2) is 0 Å². The van der Waals surface area contributed by atoms with Crippen LogP contribution in [0, 0.1) is 0 Å². The maximum Gasteiger partial charge on any atom is 0.227 e. The van der Waals surface area contributed by atoms with Gasteiger partial charge in [-0.1, -0.05) is 30.3 Å². The quantitative estimate of drug-likeness (QED) is 0.513. The van der Waals surface area contributed by atoms with Gasteiger partial charge in [-0.05, 0) is 12.0 Å². The van der Waals surface area contributed by atoms with E-state index in [-0.39, 0.29) is 32.0 Å². The van der Waals surface area contributed by atoms with Gasteiger partial charge in [-0.25, -0.2) is 0 Å². The van der Waals surface area contributed by atoms with Crippen LogP contribution in [0.4, 0.5) is 0 Å². The fourth-order valence-electron chi connectivity index (χ4n) is 2.71. The smallest absolute Gasteiger partial charge is 0.227 e. The normalized spacial score (nSPS) is 25.2. The van der Waals surface area contributed by atoms with Crippen LogP contribution < -0.4 is 5.32 Å². The van der Waals surface area contributed by atoms with Crippen LogP contribution in [0.15, 0.2) is 30.3 Å². The van der Waals surface area contributed by atoms with Crippen LogP contribution in [0.5, 0.6) is 0 Å². The van der Waals surface area contributed by atoms with Gasteiger partial charge in [0.2, 0.25) is 5.91 Å². The Hall–Kier alpha value is -1.47. The molecular formula is C16H24N2O4. The maximum atomic E-state index is 12.4. The van der Waals surface area contributed by atoms with Crippen LogP contribution in [0.3, 0.4) is 0 Å². The first-order valence-corrected chi connectivity index (χ1v) is 7.59. The van der Waals surface area contributed by atoms with Gasteiger partial charge < -0.3 is 25.5 Å². The van der Waals surface area contributed by atoms with E-state index in [1.807, 2.05) is 30.3 Å². The van der Waals surface area contributed by atoms with Crippen molar-refractivity contribution in [2.24, 2.45) is 0 Å². The Morgan fingerprint density at radius 2 is 2.09 bits per heavy atom. The molecule has 1 amide bonds. The SMILES string of the molecule is O=C(Cc1ccccc1)N1CC[C@@H](O)[C@](O)(CNCCO)C1. The Balaban J connectivity index is 1.95. The number of aliphatic hydroxyl groups is 3. The molecule has 4 N–H and O–H groups in total. The van der Waals surface area contributed by atoms with Crippen molar-refractivity contribution in [3.8, 4) is 0 Å². The van der Waals surface area contributed by atoms with Crippen molar-refractivity contribution in [2.45, 2.75) is 24.5 Å². The van der Waals surface area contributed by atoms with Gasteiger partial charge in [0.05, 0.1) is 25.7 Å². The summed E-state index contributed by atoms with van der Waals surface area (Å²) >= 11 is 0. The van der Waals surface area contributed by atoms with Crippen LogP contribution >= 0.6 is 0 Å². The Morgan fingerprint density at radius 1 is 1.36 bits per heavy atom. The standard InChI is InChI=1S/C16H24N2O4/c19-9-7-17-11-16(22)12-18(8-6-14(16)20)15(21)10-13-4-2-1-3-5-13/h1-5,14,17,19-20,22H,6-12H2/t14-,16+/m1/s1. The van der Waals surface area contributed by atoms with E-state index in [4.69, 9.17) is 5.11 Å². The van der Waals surface area contributed by atoms with Gasteiger partial charge in [0, 0.05) is 19.6 Å². The summed E-state index contributed by atoms with van der Waals surface area (Å²) in [7, 11) is 0. The summed E-state index contributed by atoms with van der Waals surface area (Å²) in [6.45, 7) is 0.979. The van der Waals surface area contributed by atoms with Gasteiger partial charge in [-0.3, -0.25) is 4.79 Å². The van der Waals surface area contributed by atoms with Gasteiger partial charge in [0.1, 0.15) is 5.60 Å². The molecule has 1 aliphatic rings. The van der Waals surface area contributed by atoms with E-state index in [2.05, 4.69) is 5.32 Å². The molecule has 0 spiro atoms. The lowest BCUT2D eigenvalue weighted by Gasteiger charge is -2.42. The number of amides is 1. The number of rotatable bonds is 6. The third-order valence-electron chi connectivity index (χ3n) is 4.03. The van der Waals surface area contributed by atoms with E-state index in [1.165, 1.54) is 0 Å². The third-order valence-corrected chi connectivity index (χ3v) is 4.03. The van der Waals surface area contributed by atoms with Crippen LogP contribution in [-0.4, -0.2) is 70.6 Å². The Bertz CT molecular complexity index is 482. The second-order valence-corrected chi connectivity index (χ2v) is 5.79. The summed E-state index contributed by atoms with van der Waals surface area (Å²) < 4.78 is 0. The van der Waals surface area contributed by atoms with E-state index in [1.54, 1.807) is 4.90 Å². The molecule has 1 heterocycles. The van der Waals surface area contributed by atoms with Crippen molar-refractivity contribution in [3.63, 3.8) is 0 Å². The van der Waals surface area contributed by atoms with Crippen molar-refractivity contribution < 1.29 is 20.1 Å². The van der Waals surface area contributed by atoms with Gasteiger partial charge >= 0.3 is 0 Å². The van der Waals surface area contributed by atoms with Crippen LogP contribution in [0.1, 0.15) is 12.0 Å². The number of hydrogen-bond donors (Lipinski definition) is 4. The monoisotopic (exact) mass is 308 g/mol. The molecule has 0 aromatic heterocycles. The Kier molecular flexibility index (Phi) is 5.90. The number of benzene rings is 1. The van der Waals surface area contributed by atoms with Crippen molar-refractivity contribution in [3.05, 3.63) is 35.9 Å². The summed E-state index contributed by atoms with van der Waals surface area (Å²) in [5.74, 6) is -0.0568. The lowest BCUT2D eigenvalue weighted by molar-refractivity contribution is -0.150. The second-order valence-electron chi connectivity index (χ2n) is 5.79. The van der Waals surface area contributed by atoms with Crippen molar-refractivity contribution in [2.75, 3.05) is 32.8 Å². The van der Waals surface area contributed by atoms with E-state index in [0.717, 1.165) is 5.56 Å². The number of carbonyl (C=O) groups excluding carboxylic acids is 1. The molecule has 22 heavy (non-hydrogen) atoms. The number of carbonyl (C=O) groups is 1. The molecule has 6 heteroatoms. The van der Waals surface area contributed by atoms with Gasteiger partial charge in [-0.15, -0.1) is 0 Å². The highest BCUT2D eigenvalue weighted by Crippen LogP contribution is 2.22. The predicted octanol–water partition coefficient (Wildman–Crippen LogP) is -0.865. The zero-order valence-electron chi connectivity index (χ0n) is 12.6. The topological polar surface area (TPSA) is 93.0 Å². The molecule has 1 fully saturated rings. The van der Waals surface area contributed by atoms with Crippen LogP contribution in [0.25, 0.3) is 0 Å². The van der Waals surface area contributed by atoms with Crippen molar-refractivity contribution >= 4 is 5.91 Å². The average molecular weight is 308 g/mol.